The van der Waals surface area contributed by atoms with Crippen molar-refractivity contribution in [2.75, 3.05) is 19.8 Å². The Hall–Kier alpha value is -4.15. The number of nitrogens with one attached hydrogen (secondary N) is 1. The van der Waals surface area contributed by atoms with E-state index in [1.54, 1.807) is 19.9 Å². The first-order chi connectivity index (χ1) is 26.6. The van der Waals surface area contributed by atoms with Crippen molar-refractivity contribution >= 4 is 39.6 Å². The second-order valence-corrected chi connectivity index (χ2v) is 19.4. The van der Waals surface area contributed by atoms with Crippen molar-refractivity contribution in [2.24, 2.45) is 29.1 Å². The molecule has 0 aromatic heterocycles. The molecule has 3 heterocycles. The zero-order valence-electron chi connectivity index (χ0n) is 32.8. The summed E-state index contributed by atoms with van der Waals surface area (Å²) >= 11 is 0. The van der Waals surface area contributed by atoms with Crippen molar-refractivity contribution in [1.29, 1.82) is 0 Å². The Morgan fingerprint density at radius 1 is 1.04 bits per heavy atom. The number of rotatable bonds is 8. The van der Waals surface area contributed by atoms with Gasteiger partial charge in [-0.2, -0.15) is 13.2 Å². The van der Waals surface area contributed by atoms with Crippen molar-refractivity contribution in [3.63, 3.8) is 0 Å². The first-order valence-electron chi connectivity index (χ1n) is 19.5. The average molecular weight is 825 g/mol. The largest absolute Gasteiger partial charge is 0.486 e. The standard InChI is InChI=1S/C40H51F3N2O11S/c1-23-8-6-7-9-26-20-39(26,36(50)44-57(51,52)38(5)12-13-38)21-30(46)29-18-27(55-35(49)25-10-11-31-32(17-25)54-15-14-53-31)22-45(29)34(48)28(24(2)16-23)19-33(47)56-37(3,4)40(41,42)43/h7,9-11,17,23-24,26-29H,6,8,12-16,18-22H2,1-5H3,(H,44,50)/b9-7-/t23-,24-,26-,27-,28+,29+,39-/m1/s1. The Labute approximate surface area is 330 Å². The van der Waals surface area contributed by atoms with Gasteiger partial charge in [0.15, 0.2) is 17.3 Å². The number of fused-ring (bicyclic) bond motifs is 3. The number of halogens is 3. The topological polar surface area (TPSA) is 172 Å². The lowest BCUT2D eigenvalue weighted by Crippen LogP contribution is -2.48. The fourth-order valence-corrected chi connectivity index (χ4v) is 9.37. The van der Waals surface area contributed by atoms with Gasteiger partial charge in [-0.25, -0.2) is 13.2 Å². The van der Waals surface area contributed by atoms with Gasteiger partial charge in [-0.15, -0.1) is 0 Å². The first-order valence-corrected chi connectivity index (χ1v) is 21.0. The number of alkyl halides is 3. The van der Waals surface area contributed by atoms with Crippen LogP contribution in [0.5, 0.6) is 11.5 Å². The molecule has 1 aromatic carbocycles. The quantitative estimate of drug-likeness (QED) is 0.261. The minimum atomic E-state index is -4.89. The molecule has 3 fully saturated rings. The third-order valence-corrected chi connectivity index (χ3v) is 14.4. The van der Waals surface area contributed by atoms with Crippen LogP contribution in [0.1, 0.15) is 103 Å². The number of esters is 2. The van der Waals surface area contributed by atoms with Crippen LogP contribution in [0, 0.1) is 29.1 Å². The highest BCUT2D eigenvalue weighted by molar-refractivity contribution is 7.91. The number of carbonyl (C=O) groups excluding carboxylic acids is 5. The van der Waals surface area contributed by atoms with Gasteiger partial charge in [-0.1, -0.05) is 26.0 Å². The smallest absolute Gasteiger partial charge is 0.427 e. The fraction of sp³-hybridized carbons (Fsp3) is 0.675. The van der Waals surface area contributed by atoms with Crippen LogP contribution in [0.2, 0.25) is 0 Å². The Kier molecular flexibility index (Phi) is 11.6. The molecule has 1 aromatic rings. The summed E-state index contributed by atoms with van der Waals surface area (Å²) in [5.41, 5.74) is -4.15. The van der Waals surface area contributed by atoms with E-state index in [4.69, 9.17) is 18.9 Å². The predicted octanol–water partition coefficient (Wildman–Crippen LogP) is 5.45. The fourth-order valence-electron chi connectivity index (χ4n) is 8.04. The SMILES string of the molecule is C[C@@H]1CC/C=C\[C@@H]2C[C@@]2(C(=O)NS(=O)(=O)C2(C)CC2)CC(=O)[C@@H]2C[C@@H](OC(=O)c3ccc4c(c3)OCCO4)CN2C(=O)[C@@H](CC(=O)OC(C)(C)C(F)(F)F)[C@H](C)C1. The molecule has 1 N–H and O–H groups in total. The number of allylic oxidation sites excluding steroid dienone is 2. The van der Waals surface area contributed by atoms with E-state index in [0.29, 0.717) is 64.1 Å². The van der Waals surface area contributed by atoms with Gasteiger partial charge in [-0.3, -0.25) is 23.9 Å². The number of hydrogen-bond acceptors (Lipinski definition) is 11. The third kappa shape index (κ3) is 8.97. The molecule has 0 unspecified atom stereocenters. The number of nitrogens with zero attached hydrogens (tertiary/aromatic N) is 1. The van der Waals surface area contributed by atoms with Crippen LogP contribution in [0.3, 0.4) is 0 Å². The molecule has 57 heavy (non-hydrogen) atoms. The average Bonchev–Trinajstić information content (AvgIpc) is 4.01. The normalized spacial score (nSPS) is 30.8. The first kappa shape index (κ1) is 42.5. The van der Waals surface area contributed by atoms with E-state index in [1.165, 1.54) is 17.0 Å². The van der Waals surface area contributed by atoms with Crippen LogP contribution < -0.4 is 14.2 Å². The second-order valence-electron chi connectivity index (χ2n) is 17.2. The molecule has 5 aliphatic rings. The van der Waals surface area contributed by atoms with Gasteiger partial charge in [0, 0.05) is 12.8 Å². The molecule has 1 saturated heterocycles. The maximum atomic E-state index is 14.7. The van der Waals surface area contributed by atoms with Crippen molar-refractivity contribution in [1.82, 2.24) is 9.62 Å². The molecule has 0 spiro atoms. The lowest BCUT2D eigenvalue weighted by molar-refractivity contribution is -0.257. The summed E-state index contributed by atoms with van der Waals surface area (Å²) in [4.78, 5) is 70.9. The molecule has 17 heteroatoms. The lowest BCUT2D eigenvalue weighted by Gasteiger charge is -2.33. The van der Waals surface area contributed by atoms with Crippen LogP contribution in [0.25, 0.3) is 0 Å². The van der Waals surface area contributed by atoms with Crippen LogP contribution in [0.15, 0.2) is 30.4 Å². The third-order valence-electron chi connectivity index (χ3n) is 12.3. The zero-order chi connectivity index (χ0) is 41.7. The number of sulfonamides is 1. The molecule has 314 valence electrons. The van der Waals surface area contributed by atoms with E-state index in [1.807, 2.05) is 19.1 Å². The van der Waals surface area contributed by atoms with Crippen LogP contribution in [-0.4, -0.2) is 91.3 Å². The van der Waals surface area contributed by atoms with Gasteiger partial charge < -0.3 is 23.8 Å². The van der Waals surface area contributed by atoms with Gasteiger partial charge in [0.05, 0.1) is 40.7 Å². The van der Waals surface area contributed by atoms with Crippen LogP contribution in [0.4, 0.5) is 13.2 Å². The highest BCUT2D eigenvalue weighted by Crippen LogP contribution is 2.58. The van der Waals surface area contributed by atoms with Crippen molar-refractivity contribution in [3.8, 4) is 11.5 Å². The Morgan fingerprint density at radius 2 is 1.72 bits per heavy atom. The monoisotopic (exact) mass is 824 g/mol. The molecule has 0 radical (unpaired) electrons. The molecule has 2 saturated carbocycles. The predicted molar refractivity (Wildman–Crippen MR) is 197 cm³/mol. The summed E-state index contributed by atoms with van der Waals surface area (Å²) in [6.45, 7) is 6.96. The lowest BCUT2D eigenvalue weighted by atomic mass is 9.82. The van der Waals surface area contributed by atoms with Gasteiger partial charge in [0.25, 0.3) is 0 Å². The van der Waals surface area contributed by atoms with E-state index in [-0.39, 0.29) is 37.5 Å². The Bertz CT molecular complexity index is 1930. The maximum absolute atomic E-state index is 14.7. The highest BCUT2D eigenvalue weighted by atomic mass is 32.2. The van der Waals surface area contributed by atoms with Gasteiger partial charge in [0.2, 0.25) is 27.4 Å². The van der Waals surface area contributed by atoms with Crippen molar-refractivity contribution in [3.05, 3.63) is 35.9 Å². The minimum Gasteiger partial charge on any atom is -0.486 e. The maximum Gasteiger partial charge on any atom is 0.427 e. The second kappa shape index (κ2) is 15.6. The number of ketones is 1. The van der Waals surface area contributed by atoms with E-state index in [0.717, 1.165) is 0 Å². The summed E-state index contributed by atoms with van der Waals surface area (Å²) in [5, 5.41) is 0. The summed E-state index contributed by atoms with van der Waals surface area (Å²) in [6, 6.07) is 3.21. The number of hydrogen-bond donors (Lipinski definition) is 1. The van der Waals surface area contributed by atoms with Gasteiger partial charge in [-0.05, 0) is 95.2 Å². The number of amides is 2. The molecular weight excluding hydrogens is 774 g/mol. The highest BCUT2D eigenvalue weighted by Gasteiger charge is 2.63. The Morgan fingerprint density at radius 3 is 2.39 bits per heavy atom. The Balaban J connectivity index is 1.31. The van der Waals surface area contributed by atoms with Crippen molar-refractivity contribution < 1.29 is 64.5 Å². The minimum absolute atomic E-state index is 0.0138. The number of benzene rings is 1. The molecule has 13 nitrogen and oxygen atoms in total. The van der Waals surface area contributed by atoms with E-state index >= 15 is 0 Å². The van der Waals surface area contributed by atoms with Crippen molar-refractivity contribution in [2.45, 2.75) is 121 Å². The van der Waals surface area contributed by atoms with Crippen LogP contribution in [-0.2, 0) is 38.7 Å². The van der Waals surface area contributed by atoms with Crippen LogP contribution >= 0.6 is 0 Å². The molecule has 2 aliphatic carbocycles. The van der Waals surface area contributed by atoms with Gasteiger partial charge >= 0.3 is 18.1 Å². The molecule has 2 amide bonds. The number of ether oxygens (including phenoxy) is 4. The van der Waals surface area contributed by atoms with E-state index in [9.17, 15) is 45.6 Å². The van der Waals surface area contributed by atoms with E-state index < -0.39 is 104 Å². The summed E-state index contributed by atoms with van der Waals surface area (Å²) in [7, 11) is -4.05. The summed E-state index contributed by atoms with van der Waals surface area (Å²) < 4.78 is 90.5. The number of Topliss-reactive ketones (excluding diaryl/α,β-unsaturated/α-hetero) is 1. The molecule has 3 aliphatic heterocycles. The molecule has 0 bridgehead atoms. The molecular formula is C40H51F3N2O11S. The number of carbonyl (C=O) groups is 5. The van der Waals surface area contributed by atoms with E-state index in [2.05, 4.69) is 4.72 Å². The van der Waals surface area contributed by atoms with Gasteiger partial charge in [0.1, 0.15) is 19.3 Å². The summed E-state index contributed by atoms with van der Waals surface area (Å²) in [5.74, 6) is -5.61. The summed E-state index contributed by atoms with van der Waals surface area (Å²) in [6.07, 6.45) is -0.984. The molecule has 6 rings (SSSR count). The zero-order valence-corrected chi connectivity index (χ0v) is 33.6. The molecule has 7 atom stereocenters.